The molecule has 0 spiro atoms. The summed E-state index contributed by atoms with van der Waals surface area (Å²) in [6, 6.07) is 14.9. The van der Waals surface area contributed by atoms with Crippen LogP contribution >= 0.6 is 12.2 Å². The third-order valence-electron chi connectivity index (χ3n) is 4.82. The molecule has 0 bridgehead atoms. The predicted molar refractivity (Wildman–Crippen MR) is 109 cm³/mol. The smallest absolute Gasteiger partial charge is 0.166 e. The first-order valence-electron chi connectivity index (χ1n) is 9.04. The second-order valence-electron chi connectivity index (χ2n) is 6.48. The molecule has 1 aliphatic rings. The highest BCUT2D eigenvalue weighted by molar-refractivity contribution is 7.80. The number of nitrogens with one attached hydrogen (secondary N) is 2. The number of aryl methyl sites for hydroxylation is 1. The lowest BCUT2D eigenvalue weighted by Gasteiger charge is -2.27. The van der Waals surface area contributed by atoms with Gasteiger partial charge in [0.15, 0.2) is 16.6 Å². The van der Waals surface area contributed by atoms with Crippen LogP contribution in [0, 0.1) is 0 Å². The van der Waals surface area contributed by atoms with Crippen molar-refractivity contribution < 1.29 is 9.47 Å². The highest BCUT2D eigenvalue weighted by Gasteiger charge is 2.20. The minimum atomic E-state index is 0.307. The minimum Gasteiger partial charge on any atom is -0.493 e. The SMILES string of the molecule is COc1ccc(CCNC(=S)N[C@H]2CCCc3ccccc32)cc1OC. The molecule has 138 valence electrons. The zero-order valence-electron chi connectivity index (χ0n) is 15.4. The molecule has 1 aliphatic carbocycles. The lowest BCUT2D eigenvalue weighted by molar-refractivity contribution is 0.354. The fourth-order valence-corrected chi connectivity index (χ4v) is 3.71. The van der Waals surface area contributed by atoms with E-state index in [4.69, 9.17) is 21.7 Å². The summed E-state index contributed by atoms with van der Waals surface area (Å²) in [6.45, 7) is 0.773. The van der Waals surface area contributed by atoms with Gasteiger partial charge in [-0.05, 0) is 66.7 Å². The molecule has 4 nitrogen and oxygen atoms in total. The van der Waals surface area contributed by atoms with Crippen molar-refractivity contribution in [2.24, 2.45) is 0 Å². The van der Waals surface area contributed by atoms with Gasteiger partial charge in [0, 0.05) is 6.54 Å². The Kier molecular flexibility index (Phi) is 6.34. The Morgan fingerprint density at radius 1 is 1.12 bits per heavy atom. The van der Waals surface area contributed by atoms with Crippen molar-refractivity contribution in [1.29, 1.82) is 0 Å². The van der Waals surface area contributed by atoms with Gasteiger partial charge in [0.2, 0.25) is 0 Å². The van der Waals surface area contributed by atoms with E-state index < -0.39 is 0 Å². The molecule has 0 unspecified atom stereocenters. The summed E-state index contributed by atoms with van der Waals surface area (Å²) < 4.78 is 10.6. The van der Waals surface area contributed by atoms with Gasteiger partial charge >= 0.3 is 0 Å². The van der Waals surface area contributed by atoms with E-state index in [-0.39, 0.29) is 0 Å². The molecule has 0 aliphatic heterocycles. The van der Waals surface area contributed by atoms with Gasteiger partial charge in [-0.1, -0.05) is 30.3 Å². The van der Waals surface area contributed by atoms with Crippen LogP contribution in [0.15, 0.2) is 42.5 Å². The first kappa shape index (κ1) is 18.5. The molecule has 5 heteroatoms. The average Bonchev–Trinajstić information content (AvgIpc) is 2.68. The minimum absolute atomic E-state index is 0.307. The van der Waals surface area contributed by atoms with Gasteiger partial charge in [0.25, 0.3) is 0 Å². The molecular formula is C21H26N2O2S. The van der Waals surface area contributed by atoms with Crippen molar-refractivity contribution in [1.82, 2.24) is 10.6 Å². The van der Waals surface area contributed by atoms with Crippen LogP contribution in [-0.2, 0) is 12.8 Å². The van der Waals surface area contributed by atoms with Crippen molar-refractivity contribution in [2.75, 3.05) is 20.8 Å². The molecular weight excluding hydrogens is 344 g/mol. The molecule has 0 aromatic heterocycles. The van der Waals surface area contributed by atoms with Crippen molar-refractivity contribution >= 4 is 17.3 Å². The highest BCUT2D eigenvalue weighted by atomic mass is 32.1. The van der Waals surface area contributed by atoms with Gasteiger partial charge in [0.1, 0.15) is 0 Å². The Morgan fingerprint density at radius 3 is 2.73 bits per heavy atom. The topological polar surface area (TPSA) is 42.5 Å². The van der Waals surface area contributed by atoms with Gasteiger partial charge in [0.05, 0.1) is 20.3 Å². The first-order chi connectivity index (χ1) is 12.7. The van der Waals surface area contributed by atoms with Crippen LogP contribution < -0.4 is 20.1 Å². The lowest BCUT2D eigenvalue weighted by Crippen LogP contribution is -2.39. The van der Waals surface area contributed by atoms with E-state index in [0.717, 1.165) is 37.3 Å². The fraction of sp³-hybridized carbons (Fsp3) is 0.381. The molecule has 2 N–H and O–H groups in total. The van der Waals surface area contributed by atoms with Crippen molar-refractivity contribution in [3.63, 3.8) is 0 Å². The summed E-state index contributed by atoms with van der Waals surface area (Å²) in [5.74, 6) is 1.50. The van der Waals surface area contributed by atoms with Gasteiger partial charge in [-0.15, -0.1) is 0 Å². The number of fused-ring (bicyclic) bond motifs is 1. The number of hydrogen-bond donors (Lipinski definition) is 2. The monoisotopic (exact) mass is 370 g/mol. The highest BCUT2D eigenvalue weighted by Crippen LogP contribution is 2.29. The maximum Gasteiger partial charge on any atom is 0.166 e. The van der Waals surface area contributed by atoms with Crippen molar-refractivity contribution in [3.05, 3.63) is 59.2 Å². The van der Waals surface area contributed by atoms with E-state index >= 15 is 0 Å². The van der Waals surface area contributed by atoms with Crippen molar-refractivity contribution in [3.8, 4) is 11.5 Å². The van der Waals surface area contributed by atoms with E-state index in [1.54, 1.807) is 14.2 Å². The van der Waals surface area contributed by atoms with Crippen LogP contribution in [0.25, 0.3) is 0 Å². The Hall–Kier alpha value is -2.27. The van der Waals surface area contributed by atoms with Crippen LogP contribution in [-0.4, -0.2) is 25.9 Å². The molecule has 0 saturated heterocycles. The van der Waals surface area contributed by atoms with E-state index in [0.29, 0.717) is 11.2 Å². The number of ether oxygens (including phenoxy) is 2. The zero-order valence-corrected chi connectivity index (χ0v) is 16.2. The van der Waals surface area contributed by atoms with Crippen LogP contribution in [0.2, 0.25) is 0 Å². The number of methoxy groups -OCH3 is 2. The summed E-state index contributed by atoms with van der Waals surface area (Å²) >= 11 is 5.50. The number of thiocarbonyl (C=S) groups is 1. The normalized spacial score (nSPS) is 15.7. The number of rotatable bonds is 6. The lowest BCUT2D eigenvalue weighted by atomic mass is 9.88. The van der Waals surface area contributed by atoms with Crippen LogP contribution in [0.1, 0.15) is 35.6 Å². The molecule has 1 atom stereocenters. The van der Waals surface area contributed by atoms with Gasteiger partial charge in [-0.3, -0.25) is 0 Å². The maximum absolute atomic E-state index is 5.50. The molecule has 0 saturated carbocycles. The summed E-state index contributed by atoms with van der Waals surface area (Å²) in [5.41, 5.74) is 3.99. The summed E-state index contributed by atoms with van der Waals surface area (Å²) in [4.78, 5) is 0. The molecule has 0 heterocycles. The molecule has 0 fully saturated rings. The fourth-order valence-electron chi connectivity index (χ4n) is 3.47. The Balaban J connectivity index is 1.51. The van der Waals surface area contributed by atoms with E-state index in [9.17, 15) is 0 Å². The summed E-state index contributed by atoms with van der Waals surface area (Å²) in [7, 11) is 3.30. The van der Waals surface area contributed by atoms with Crippen LogP contribution in [0.4, 0.5) is 0 Å². The first-order valence-corrected chi connectivity index (χ1v) is 9.45. The van der Waals surface area contributed by atoms with E-state index in [2.05, 4.69) is 41.0 Å². The molecule has 3 rings (SSSR count). The third kappa shape index (κ3) is 4.47. The molecule has 2 aromatic rings. The molecule has 2 aromatic carbocycles. The second kappa shape index (κ2) is 8.90. The number of hydrogen-bond acceptors (Lipinski definition) is 3. The predicted octanol–water partition coefficient (Wildman–Crippen LogP) is 3.79. The summed E-state index contributed by atoms with van der Waals surface area (Å²) in [6.07, 6.45) is 4.34. The van der Waals surface area contributed by atoms with E-state index in [1.807, 2.05) is 12.1 Å². The molecule has 0 amide bonds. The standard InChI is InChI=1S/C21H26N2O2S/c1-24-19-11-10-15(14-20(19)25-2)12-13-22-21(26)23-18-9-5-7-16-6-3-4-8-17(16)18/h3-4,6,8,10-11,14,18H,5,7,9,12-13H2,1-2H3,(H2,22,23,26)/t18-/m0/s1. The van der Waals surface area contributed by atoms with Gasteiger partial charge in [-0.2, -0.15) is 0 Å². The van der Waals surface area contributed by atoms with Gasteiger partial charge in [-0.25, -0.2) is 0 Å². The largest absolute Gasteiger partial charge is 0.493 e. The quantitative estimate of drug-likeness (QED) is 0.758. The van der Waals surface area contributed by atoms with Crippen LogP contribution in [0.5, 0.6) is 11.5 Å². The average molecular weight is 371 g/mol. The third-order valence-corrected chi connectivity index (χ3v) is 5.08. The number of benzene rings is 2. The Morgan fingerprint density at radius 2 is 1.92 bits per heavy atom. The zero-order chi connectivity index (χ0) is 18.4. The summed E-state index contributed by atoms with van der Waals surface area (Å²) in [5, 5.41) is 7.52. The Labute approximate surface area is 160 Å². The maximum atomic E-state index is 5.50. The second-order valence-corrected chi connectivity index (χ2v) is 6.89. The van der Waals surface area contributed by atoms with Gasteiger partial charge < -0.3 is 20.1 Å². The Bertz CT molecular complexity index is 763. The van der Waals surface area contributed by atoms with Crippen molar-refractivity contribution in [2.45, 2.75) is 31.7 Å². The molecule has 26 heavy (non-hydrogen) atoms. The van der Waals surface area contributed by atoms with Crippen LogP contribution in [0.3, 0.4) is 0 Å². The molecule has 0 radical (unpaired) electrons. The van der Waals surface area contributed by atoms with E-state index in [1.165, 1.54) is 23.1 Å².